The van der Waals surface area contributed by atoms with Crippen molar-refractivity contribution in [2.45, 2.75) is 39.2 Å². The highest BCUT2D eigenvalue weighted by molar-refractivity contribution is 7.07. The standard InChI is InChI=1S/C23H24FNO4S/c1-23(2,3)29-22(27)25-17-7-9-20(18(24)13-17)28-21-8-6-15(12-19(21)26)4-5-16-10-11-30-14-16/h6-14,26H,4-5H2,1-3H3,(H,25,27). The van der Waals surface area contributed by atoms with Crippen molar-refractivity contribution in [3.05, 3.63) is 70.2 Å². The number of rotatable bonds is 6. The highest BCUT2D eigenvalue weighted by atomic mass is 32.1. The molecular weight excluding hydrogens is 405 g/mol. The Morgan fingerprint density at radius 3 is 2.43 bits per heavy atom. The summed E-state index contributed by atoms with van der Waals surface area (Å²) in [6, 6.07) is 11.2. The van der Waals surface area contributed by atoms with Gasteiger partial charge in [0.15, 0.2) is 23.1 Å². The Kier molecular flexibility index (Phi) is 6.62. The quantitative estimate of drug-likeness (QED) is 0.468. The fourth-order valence-electron chi connectivity index (χ4n) is 2.73. The number of aromatic hydroxyl groups is 1. The molecule has 158 valence electrons. The minimum atomic E-state index is -0.676. The third kappa shape index (κ3) is 6.22. The Labute approximate surface area is 179 Å². The van der Waals surface area contributed by atoms with Gasteiger partial charge in [-0.05, 0) is 85.8 Å². The van der Waals surface area contributed by atoms with Crippen LogP contribution in [0, 0.1) is 5.82 Å². The van der Waals surface area contributed by atoms with Crippen molar-refractivity contribution in [1.82, 2.24) is 0 Å². The molecule has 0 bridgehead atoms. The molecule has 1 aromatic heterocycles. The van der Waals surface area contributed by atoms with Crippen LogP contribution in [0.5, 0.6) is 17.2 Å². The Bertz CT molecular complexity index is 1010. The van der Waals surface area contributed by atoms with Crippen molar-refractivity contribution in [1.29, 1.82) is 0 Å². The van der Waals surface area contributed by atoms with Crippen LogP contribution < -0.4 is 10.1 Å². The maximum Gasteiger partial charge on any atom is 0.412 e. The summed E-state index contributed by atoms with van der Waals surface area (Å²) in [6.07, 6.45) is 0.986. The van der Waals surface area contributed by atoms with Crippen LogP contribution in [0.25, 0.3) is 0 Å². The minimum Gasteiger partial charge on any atom is -0.504 e. The SMILES string of the molecule is CC(C)(C)OC(=O)Nc1ccc(Oc2ccc(CCc3ccsc3)cc2O)c(F)c1. The normalized spacial score (nSPS) is 11.2. The van der Waals surface area contributed by atoms with Crippen LogP contribution in [0.2, 0.25) is 0 Å². The number of benzene rings is 2. The molecule has 0 aliphatic heterocycles. The van der Waals surface area contributed by atoms with Crippen LogP contribution >= 0.6 is 11.3 Å². The fraction of sp³-hybridized carbons (Fsp3) is 0.261. The number of amides is 1. The molecule has 30 heavy (non-hydrogen) atoms. The molecular formula is C23H24FNO4S. The van der Waals surface area contributed by atoms with Gasteiger partial charge in [-0.1, -0.05) is 6.07 Å². The zero-order valence-electron chi connectivity index (χ0n) is 17.1. The number of hydrogen-bond acceptors (Lipinski definition) is 5. The van der Waals surface area contributed by atoms with E-state index in [1.807, 2.05) is 11.4 Å². The maximum absolute atomic E-state index is 14.4. The lowest BCUT2D eigenvalue weighted by molar-refractivity contribution is 0.0636. The second-order valence-electron chi connectivity index (χ2n) is 7.81. The van der Waals surface area contributed by atoms with Gasteiger partial charge in [0.25, 0.3) is 0 Å². The first-order chi connectivity index (χ1) is 14.2. The molecule has 3 rings (SSSR count). The van der Waals surface area contributed by atoms with E-state index in [0.717, 1.165) is 24.5 Å². The Balaban J connectivity index is 1.63. The lowest BCUT2D eigenvalue weighted by atomic mass is 10.1. The Morgan fingerprint density at radius 2 is 1.80 bits per heavy atom. The molecule has 0 saturated carbocycles. The average Bonchev–Trinajstić information content (AvgIpc) is 3.16. The second kappa shape index (κ2) is 9.17. The fourth-order valence-corrected chi connectivity index (χ4v) is 3.43. The van der Waals surface area contributed by atoms with Crippen molar-refractivity contribution in [3.63, 3.8) is 0 Å². The zero-order valence-corrected chi connectivity index (χ0v) is 17.9. The summed E-state index contributed by atoms with van der Waals surface area (Å²) >= 11 is 1.65. The first-order valence-electron chi connectivity index (χ1n) is 9.50. The van der Waals surface area contributed by atoms with E-state index < -0.39 is 17.5 Å². The van der Waals surface area contributed by atoms with Crippen LogP contribution in [0.1, 0.15) is 31.9 Å². The number of aryl methyl sites for hydroxylation is 2. The molecule has 0 unspecified atom stereocenters. The predicted molar refractivity (Wildman–Crippen MR) is 116 cm³/mol. The summed E-state index contributed by atoms with van der Waals surface area (Å²) in [5.74, 6) is -0.648. The number of phenols is 1. The number of carbonyl (C=O) groups excluding carboxylic acids is 1. The van der Waals surface area contributed by atoms with E-state index in [1.54, 1.807) is 44.2 Å². The Morgan fingerprint density at radius 1 is 1.07 bits per heavy atom. The number of phenolic OH excluding ortho intramolecular Hbond substituents is 1. The van der Waals surface area contributed by atoms with E-state index in [-0.39, 0.29) is 22.9 Å². The molecule has 0 spiro atoms. The molecule has 0 aliphatic carbocycles. The van der Waals surface area contributed by atoms with E-state index in [9.17, 15) is 14.3 Å². The molecule has 1 heterocycles. The van der Waals surface area contributed by atoms with Crippen molar-refractivity contribution >= 4 is 23.1 Å². The molecule has 5 nitrogen and oxygen atoms in total. The monoisotopic (exact) mass is 429 g/mol. The lowest BCUT2D eigenvalue weighted by Gasteiger charge is -2.19. The van der Waals surface area contributed by atoms with Crippen LogP contribution in [-0.4, -0.2) is 16.8 Å². The third-order valence-corrected chi connectivity index (χ3v) is 4.83. The number of hydrogen-bond donors (Lipinski definition) is 2. The van der Waals surface area contributed by atoms with E-state index in [4.69, 9.17) is 9.47 Å². The van der Waals surface area contributed by atoms with Crippen LogP contribution in [0.3, 0.4) is 0 Å². The topological polar surface area (TPSA) is 67.8 Å². The number of halogens is 1. The van der Waals surface area contributed by atoms with E-state index in [0.29, 0.717) is 0 Å². The molecule has 0 saturated heterocycles. The summed E-state index contributed by atoms with van der Waals surface area (Å²) in [5.41, 5.74) is 1.80. The number of thiophene rings is 1. The summed E-state index contributed by atoms with van der Waals surface area (Å²) in [4.78, 5) is 11.8. The average molecular weight is 430 g/mol. The van der Waals surface area contributed by atoms with Gasteiger partial charge in [-0.2, -0.15) is 11.3 Å². The number of carbonyl (C=O) groups is 1. The van der Waals surface area contributed by atoms with Crippen LogP contribution in [0.15, 0.2) is 53.2 Å². The predicted octanol–water partition coefficient (Wildman–Crippen LogP) is 6.52. The largest absolute Gasteiger partial charge is 0.504 e. The highest BCUT2D eigenvalue weighted by Crippen LogP contribution is 2.34. The first kappa shape index (κ1) is 21.6. The minimum absolute atomic E-state index is 0.0619. The molecule has 0 fully saturated rings. The summed E-state index contributed by atoms with van der Waals surface area (Å²) in [6.45, 7) is 5.22. The van der Waals surface area contributed by atoms with E-state index in [2.05, 4.69) is 16.8 Å². The smallest absolute Gasteiger partial charge is 0.412 e. The van der Waals surface area contributed by atoms with Crippen LogP contribution in [-0.2, 0) is 17.6 Å². The molecule has 7 heteroatoms. The van der Waals surface area contributed by atoms with Gasteiger partial charge in [0.1, 0.15) is 5.60 Å². The number of ether oxygens (including phenoxy) is 2. The Hall–Kier alpha value is -3.06. The highest BCUT2D eigenvalue weighted by Gasteiger charge is 2.17. The van der Waals surface area contributed by atoms with Crippen molar-refractivity contribution in [2.75, 3.05) is 5.32 Å². The third-order valence-electron chi connectivity index (χ3n) is 4.10. The number of nitrogens with one attached hydrogen (secondary N) is 1. The van der Waals surface area contributed by atoms with Crippen LogP contribution in [0.4, 0.5) is 14.9 Å². The molecule has 3 aromatic rings. The van der Waals surface area contributed by atoms with Gasteiger partial charge in [0.05, 0.1) is 0 Å². The van der Waals surface area contributed by atoms with E-state index >= 15 is 0 Å². The van der Waals surface area contributed by atoms with Gasteiger partial charge < -0.3 is 14.6 Å². The lowest BCUT2D eigenvalue weighted by Crippen LogP contribution is -2.27. The van der Waals surface area contributed by atoms with Gasteiger partial charge in [-0.3, -0.25) is 5.32 Å². The molecule has 2 N–H and O–H groups in total. The van der Waals surface area contributed by atoms with Gasteiger partial charge in [0.2, 0.25) is 0 Å². The number of anilines is 1. The van der Waals surface area contributed by atoms with Crippen molar-refractivity contribution < 1.29 is 23.8 Å². The van der Waals surface area contributed by atoms with Gasteiger partial charge in [0, 0.05) is 11.8 Å². The maximum atomic E-state index is 14.4. The molecule has 2 aromatic carbocycles. The summed E-state index contributed by atoms with van der Waals surface area (Å²) in [5, 5.41) is 16.9. The molecule has 0 atom stereocenters. The second-order valence-corrected chi connectivity index (χ2v) is 8.59. The summed E-state index contributed by atoms with van der Waals surface area (Å²) < 4.78 is 25.1. The first-order valence-corrected chi connectivity index (χ1v) is 10.4. The van der Waals surface area contributed by atoms with Crippen molar-refractivity contribution in [2.24, 2.45) is 0 Å². The molecule has 0 radical (unpaired) electrons. The zero-order chi connectivity index (χ0) is 21.7. The van der Waals surface area contributed by atoms with E-state index in [1.165, 1.54) is 17.7 Å². The van der Waals surface area contributed by atoms with Crippen molar-refractivity contribution in [3.8, 4) is 17.2 Å². The molecule has 1 amide bonds. The summed E-state index contributed by atoms with van der Waals surface area (Å²) in [7, 11) is 0. The van der Waals surface area contributed by atoms with Gasteiger partial charge in [-0.25, -0.2) is 9.18 Å². The molecule has 0 aliphatic rings. The van der Waals surface area contributed by atoms with Gasteiger partial charge in [-0.15, -0.1) is 0 Å². The van der Waals surface area contributed by atoms with Gasteiger partial charge >= 0.3 is 6.09 Å².